The zero-order valence-corrected chi connectivity index (χ0v) is 22.7. The van der Waals surface area contributed by atoms with Crippen LogP contribution in [0.3, 0.4) is 0 Å². The molecule has 0 saturated carbocycles. The van der Waals surface area contributed by atoms with Crippen LogP contribution < -0.4 is 0 Å². The second-order valence-electron chi connectivity index (χ2n) is 11.4. The Morgan fingerprint density at radius 2 is 1.29 bits per heavy atom. The Hall–Kier alpha value is -5.22. The van der Waals surface area contributed by atoms with Crippen molar-refractivity contribution in [2.75, 3.05) is 0 Å². The monoisotopic (exact) mass is 527 g/mol. The quantitative estimate of drug-likeness (QED) is 0.225. The summed E-state index contributed by atoms with van der Waals surface area (Å²) in [5.41, 5.74) is 10.3. The maximum atomic E-state index is 6.33. The lowest BCUT2D eigenvalue weighted by molar-refractivity contribution is 0.657. The SMILES string of the molecule is CC1(C)c2ccccc2-c2nc(-n3c4ccccc4c4cc5c(cc43)oc3ccccc35)nc(-c3ccccc3)c21. The summed E-state index contributed by atoms with van der Waals surface area (Å²) in [4.78, 5) is 10.7. The van der Waals surface area contributed by atoms with Crippen LogP contribution in [0, 0.1) is 0 Å². The Morgan fingerprint density at radius 1 is 0.585 bits per heavy atom. The van der Waals surface area contributed by atoms with Gasteiger partial charge in [-0.1, -0.05) is 105 Å². The molecule has 0 N–H and O–H groups in total. The van der Waals surface area contributed by atoms with Crippen LogP contribution in [0.2, 0.25) is 0 Å². The number of benzene rings is 5. The molecule has 0 atom stereocenters. The summed E-state index contributed by atoms with van der Waals surface area (Å²) in [5.74, 6) is 0.664. The molecule has 4 heteroatoms. The van der Waals surface area contributed by atoms with Crippen LogP contribution in [-0.2, 0) is 5.41 Å². The van der Waals surface area contributed by atoms with Gasteiger partial charge in [-0.05, 0) is 23.8 Å². The fourth-order valence-corrected chi connectivity index (χ4v) is 6.91. The van der Waals surface area contributed by atoms with Crippen molar-refractivity contribution in [2.45, 2.75) is 19.3 Å². The van der Waals surface area contributed by atoms with Gasteiger partial charge in [-0.25, -0.2) is 9.97 Å². The zero-order chi connectivity index (χ0) is 27.3. The van der Waals surface area contributed by atoms with E-state index in [0.29, 0.717) is 5.95 Å². The van der Waals surface area contributed by atoms with Crippen molar-refractivity contribution >= 4 is 43.7 Å². The van der Waals surface area contributed by atoms with Crippen LogP contribution in [0.25, 0.3) is 72.2 Å². The van der Waals surface area contributed by atoms with Crippen molar-refractivity contribution in [3.63, 3.8) is 0 Å². The van der Waals surface area contributed by atoms with E-state index in [2.05, 4.69) is 122 Å². The molecule has 8 aromatic rings. The van der Waals surface area contributed by atoms with E-state index >= 15 is 0 Å². The van der Waals surface area contributed by atoms with Crippen LogP contribution in [0.4, 0.5) is 0 Å². The van der Waals surface area contributed by atoms with Crippen molar-refractivity contribution < 1.29 is 4.42 Å². The minimum atomic E-state index is -0.225. The second kappa shape index (κ2) is 7.92. The first-order valence-electron chi connectivity index (χ1n) is 14.0. The van der Waals surface area contributed by atoms with E-state index < -0.39 is 0 Å². The van der Waals surface area contributed by atoms with Crippen LogP contribution in [0.15, 0.2) is 120 Å². The molecule has 1 aliphatic carbocycles. The number of hydrogen-bond donors (Lipinski definition) is 0. The Bertz CT molecular complexity index is 2340. The molecule has 0 amide bonds. The van der Waals surface area contributed by atoms with Crippen molar-refractivity contribution in [1.82, 2.24) is 14.5 Å². The molecular weight excluding hydrogens is 502 g/mol. The van der Waals surface area contributed by atoms with Crippen molar-refractivity contribution in [3.8, 4) is 28.5 Å². The number of fused-ring (bicyclic) bond motifs is 9. The van der Waals surface area contributed by atoms with Gasteiger partial charge in [0.1, 0.15) is 11.2 Å². The van der Waals surface area contributed by atoms with E-state index in [1.54, 1.807) is 0 Å². The molecule has 0 unspecified atom stereocenters. The van der Waals surface area contributed by atoms with E-state index in [9.17, 15) is 0 Å². The molecule has 4 nitrogen and oxygen atoms in total. The number of rotatable bonds is 2. The fraction of sp³-hybridized carbons (Fsp3) is 0.0811. The van der Waals surface area contributed by atoms with Crippen molar-refractivity contribution in [1.29, 1.82) is 0 Å². The van der Waals surface area contributed by atoms with Gasteiger partial charge in [0.2, 0.25) is 5.95 Å². The standard InChI is InChI=1S/C37H25N3O/c1-37(2)28-17-9-6-16-25(28)35-33(37)34(22-12-4-3-5-13-22)38-36(39-35)40-29-18-10-7-14-23(29)26-20-27-24-15-8-11-19-31(24)41-32(27)21-30(26)40/h3-21H,1-2H3. The van der Waals surface area contributed by atoms with Crippen LogP contribution in [0.1, 0.15) is 25.0 Å². The normalized spacial score (nSPS) is 13.8. The van der Waals surface area contributed by atoms with Gasteiger partial charge in [0.25, 0.3) is 0 Å². The molecule has 0 spiro atoms. The lowest BCUT2D eigenvalue weighted by atomic mass is 9.81. The number of nitrogens with zero attached hydrogens (tertiary/aromatic N) is 3. The molecule has 3 aromatic heterocycles. The summed E-state index contributed by atoms with van der Waals surface area (Å²) in [7, 11) is 0. The van der Waals surface area contributed by atoms with Gasteiger partial charge in [0, 0.05) is 49.7 Å². The smallest absolute Gasteiger partial charge is 0.235 e. The number of para-hydroxylation sites is 2. The molecule has 0 aliphatic heterocycles. The minimum Gasteiger partial charge on any atom is -0.456 e. The Morgan fingerprint density at radius 3 is 2.17 bits per heavy atom. The largest absolute Gasteiger partial charge is 0.456 e. The molecule has 9 rings (SSSR count). The molecule has 41 heavy (non-hydrogen) atoms. The Kier molecular flexibility index (Phi) is 4.36. The number of hydrogen-bond acceptors (Lipinski definition) is 3. The first kappa shape index (κ1) is 22.6. The number of furan rings is 1. The van der Waals surface area contributed by atoms with Crippen LogP contribution >= 0.6 is 0 Å². The summed E-state index contributed by atoms with van der Waals surface area (Å²) in [5, 5.41) is 4.57. The zero-order valence-electron chi connectivity index (χ0n) is 22.7. The first-order chi connectivity index (χ1) is 20.1. The molecule has 194 valence electrons. The fourth-order valence-electron chi connectivity index (χ4n) is 6.91. The van der Waals surface area contributed by atoms with Crippen LogP contribution in [0.5, 0.6) is 0 Å². The third-order valence-electron chi connectivity index (χ3n) is 8.80. The summed E-state index contributed by atoms with van der Waals surface area (Å²) < 4.78 is 8.54. The van der Waals surface area contributed by atoms with E-state index in [1.165, 1.54) is 22.1 Å². The molecule has 0 bridgehead atoms. The van der Waals surface area contributed by atoms with E-state index in [4.69, 9.17) is 14.4 Å². The molecule has 0 fully saturated rings. The highest BCUT2D eigenvalue weighted by Gasteiger charge is 2.40. The van der Waals surface area contributed by atoms with E-state index in [1.807, 2.05) is 12.1 Å². The Labute approximate surface area is 236 Å². The molecule has 1 aliphatic rings. The highest BCUT2D eigenvalue weighted by atomic mass is 16.3. The highest BCUT2D eigenvalue weighted by Crippen LogP contribution is 2.51. The van der Waals surface area contributed by atoms with Crippen molar-refractivity contribution in [3.05, 3.63) is 126 Å². The van der Waals surface area contributed by atoms with E-state index in [0.717, 1.165) is 55.3 Å². The van der Waals surface area contributed by atoms with Gasteiger partial charge in [-0.3, -0.25) is 4.57 Å². The average molecular weight is 528 g/mol. The molecule has 0 saturated heterocycles. The molecule has 0 radical (unpaired) electrons. The Balaban J connectivity index is 1.43. The maximum absolute atomic E-state index is 6.33. The summed E-state index contributed by atoms with van der Waals surface area (Å²) in [6.07, 6.45) is 0. The third kappa shape index (κ3) is 2.99. The predicted octanol–water partition coefficient (Wildman–Crippen LogP) is 9.45. The van der Waals surface area contributed by atoms with Crippen LogP contribution in [-0.4, -0.2) is 14.5 Å². The summed E-state index contributed by atoms with van der Waals surface area (Å²) in [6.45, 7) is 4.57. The van der Waals surface area contributed by atoms with Gasteiger partial charge in [0.05, 0.1) is 22.4 Å². The topological polar surface area (TPSA) is 43.9 Å². The van der Waals surface area contributed by atoms with Gasteiger partial charge >= 0.3 is 0 Å². The lowest BCUT2D eigenvalue weighted by Gasteiger charge is -2.24. The van der Waals surface area contributed by atoms with Gasteiger partial charge in [0.15, 0.2) is 0 Å². The predicted molar refractivity (Wildman–Crippen MR) is 167 cm³/mol. The lowest BCUT2D eigenvalue weighted by Crippen LogP contribution is -2.18. The molecule has 5 aromatic carbocycles. The average Bonchev–Trinajstić information content (AvgIpc) is 3.61. The molecule has 3 heterocycles. The first-order valence-corrected chi connectivity index (χ1v) is 14.0. The van der Waals surface area contributed by atoms with E-state index in [-0.39, 0.29) is 5.41 Å². The van der Waals surface area contributed by atoms with Gasteiger partial charge in [-0.2, -0.15) is 0 Å². The summed E-state index contributed by atoms with van der Waals surface area (Å²) in [6, 6.07) is 40.3. The summed E-state index contributed by atoms with van der Waals surface area (Å²) >= 11 is 0. The third-order valence-corrected chi connectivity index (χ3v) is 8.80. The molecular formula is C37H25N3O. The maximum Gasteiger partial charge on any atom is 0.235 e. The van der Waals surface area contributed by atoms with Gasteiger partial charge in [-0.15, -0.1) is 0 Å². The second-order valence-corrected chi connectivity index (χ2v) is 11.4. The minimum absolute atomic E-state index is 0.225. The van der Waals surface area contributed by atoms with Gasteiger partial charge < -0.3 is 4.42 Å². The highest BCUT2D eigenvalue weighted by molar-refractivity contribution is 6.17. The number of aromatic nitrogens is 3. The van der Waals surface area contributed by atoms with Crippen molar-refractivity contribution in [2.24, 2.45) is 0 Å².